The molecule has 3 unspecified atom stereocenters. The maximum Gasteiger partial charge on any atom is 0.754 e. The molecule has 0 saturated heterocycles. The molecule has 0 saturated carbocycles. The Morgan fingerprint density at radius 3 is 0.946 bits per heavy atom. The predicted octanol–water partition coefficient (Wildman–Crippen LogP) is 6.04. The molecule has 0 aromatic rings. The zero-order chi connectivity index (χ0) is 25.8. The first-order valence-corrected chi connectivity index (χ1v) is 13.0. The molecule has 37 heavy (non-hydrogen) atoms. The Labute approximate surface area is 281 Å². The zero-order valence-corrected chi connectivity index (χ0v) is 30.8. The molecule has 0 rings (SSSR count). The summed E-state index contributed by atoms with van der Waals surface area (Å²) in [6, 6.07) is 0. The Morgan fingerprint density at radius 1 is 0.514 bits per heavy atom. The van der Waals surface area contributed by atoms with Crippen molar-refractivity contribution in [3.63, 3.8) is 0 Å². The SMILES string of the molecule is CCCCC(CC)C(=O)OOB(OOC(=O)C(CC)CCCC)OOC(=O)C(CC)CCCC.[Zr].[Zr].[Zr]. The van der Waals surface area contributed by atoms with Crippen LogP contribution in [0.2, 0.25) is 0 Å². The molecule has 0 bridgehead atoms. The molecule has 0 aromatic heterocycles. The molecule has 0 fully saturated rings. The van der Waals surface area contributed by atoms with Crippen LogP contribution in [-0.2, 0) is 122 Å². The van der Waals surface area contributed by atoms with Crippen molar-refractivity contribution in [1.82, 2.24) is 0 Å². The maximum absolute atomic E-state index is 12.3. The van der Waals surface area contributed by atoms with Crippen LogP contribution in [0.15, 0.2) is 0 Å². The van der Waals surface area contributed by atoms with Gasteiger partial charge in [-0.2, -0.15) is 14.4 Å². The number of hydrogen-bond acceptors (Lipinski definition) is 9. The minimum atomic E-state index is -1.87. The van der Waals surface area contributed by atoms with Crippen LogP contribution < -0.4 is 0 Å². The third kappa shape index (κ3) is 21.4. The van der Waals surface area contributed by atoms with Gasteiger partial charge in [-0.05, 0) is 38.5 Å². The van der Waals surface area contributed by atoms with Crippen LogP contribution in [0.25, 0.3) is 0 Å². The van der Waals surface area contributed by atoms with E-state index in [1.807, 2.05) is 41.5 Å². The van der Waals surface area contributed by atoms with E-state index in [4.69, 9.17) is 29.1 Å². The van der Waals surface area contributed by atoms with E-state index in [2.05, 4.69) is 0 Å². The van der Waals surface area contributed by atoms with Gasteiger partial charge in [0.05, 0.1) is 17.8 Å². The van der Waals surface area contributed by atoms with Gasteiger partial charge in [-0.3, -0.25) is 0 Å². The summed E-state index contributed by atoms with van der Waals surface area (Å²) in [6.45, 7) is 11.7. The van der Waals surface area contributed by atoms with Gasteiger partial charge in [-0.15, -0.1) is 0 Å². The minimum absolute atomic E-state index is 0. The Hall–Kier alpha value is 1.00. The fourth-order valence-corrected chi connectivity index (χ4v) is 3.33. The summed E-state index contributed by atoms with van der Waals surface area (Å²) in [5, 5.41) is 0. The average Bonchev–Trinajstić information content (AvgIpc) is 2.84. The largest absolute Gasteiger partial charge is 0.754 e. The fourth-order valence-electron chi connectivity index (χ4n) is 3.33. The maximum atomic E-state index is 12.3. The van der Waals surface area contributed by atoms with Crippen LogP contribution >= 0.6 is 0 Å². The van der Waals surface area contributed by atoms with Gasteiger partial charge in [0.2, 0.25) is 0 Å². The van der Waals surface area contributed by atoms with Crippen LogP contribution in [0, 0.1) is 17.8 Å². The molecule has 13 heteroatoms. The molecular formula is C24H45BO9Zr3. The first-order valence-electron chi connectivity index (χ1n) is 13.0. The molecule has 0 heterocycles. The summed E-state index contributed by atoms with van der Waals surface area (Å²) >= 11 is 0. The molecule has 0 aliphatic carbocycles. The molecule has 0 aliphatic heterocycles. The number of carbonyl (C=O) groups excluding carboxylic acids is 3. The van der Waals surface area contributed by atoms with Crippen LogP contribution in [0.3, 0.4) is 0 Å². The van der Waals surface area contributed by atoms with E-state index in [9.17, 15) is 14.4 Å². The second-order valence-electron chi connectivity index (χ2n) is 8.53. The van der Waals surface area contributed by atoms with Crippen molar-refractivity contribution < 1.29 is 122 Å². The second kappa shape index (κ2) is 30.0. The normalized spacial score (nSPS) is 12.5. The average molecular weight is 762 g/mol. The van der Waals surface area contributed by atoms with Gasteiger partial charge in [0.1, 0.15) is 0 Å². The molecule has 0 radical (unpaired) electrons. The van der Waals surface area contributed by atoms with E-state index in [1.165, 1.54) is 0 Å². The van der Waals surface area contributed by atoms with Crippen molar-refractivity contribution in [3.8, 4) is 0 Å². The molecule has 0 aliphatic rings. The van der Waals surface area contributed by atoms with Gasteiger partial charge in [0.25, 0.3) is 0 Å². The summed E-state index contributed by atoms with van der Waals surface area (Å²) < 4.78 is 0. The van der Waals surface area contributed by atoms with Crippen molar-refractivity contribution in [2.45, 2.75) is 119 Å². The first-order chi connectivity index (χ1) is 16.4. The molecule has 210 valence electrons. The van der Waals surface area contributed by atoms with E-state index >= 15 is 0 Å². The fraction of sp³-hybridized carbons (Fsp3) is 0.875. The Morgan fingerprint density at radius 2 is 0.757 bits per heavy atom. The smallest absolute Gasteiger partial charge is 0.308 e. The van der Waals surface area contributed by atoms with Gasteiger partial charge in [0, 0.05) is 78.6 Å². The molecule has 0 aromatic carbocycles. The van der Waals surface area contributed by atoms with Gasteiger partial charge in [-0.1, -0.05) is 80.1 Å². The first kappa shape index (κ1) is 45.0. The van der Waals surface area contributed by atoms with Crippen LogP contribution in [0.4, 0.5) is 0 Å². The third-order valence-corrected chi connectivity index (χ3v) is 5.82. The number of hydrogen-bond donors (Lipinski definition) is 0. The Kier molecular flexibility index (Phi) is 36.5. The molecule has 0 N–H and O–H groups in total. The molecule has 9 nitrogen and oxygen atoms in total. The molecule has 0 spiro atoms. The third-order valence-electron chi connectivity index (χ3n) is 5.82. The van der Waals surface area contributed by atoms with Crippen molar-refractivity contribution in [3.05, 3.63) is 0 Å². The van der Waals surface area contributed by atoms with Crippen LogP contribution in [0.1, 0.15) is 119 Å². The summed E-state index contributed by atoms with van der Waals surface area (Å²) in [7, 11) is -1.87. The summed E-state index contributed by atoms with van der Waals surface area (Å²) in [5.41, 5.74) is 0. The van der Waals surface area contributed by atoms with Crippen molar-refractivity contribution in [2.75, 3.05) is 0 Å². The quantitative estimate of drug-likeness (QED) is 0.0787. The van der Waals surface area contributed by atoms with E-state index in [1.54, 1.807) is 0 Å². The van der Waals surface area contributed by atoms with Gasteiger partial charge in [-0.25, -0.2) is 14.4 Å². The summed E-state index contributed by atoms with van der Waals surface area (Å²) in [4.78, 5) is 66.3. The standard InChI is InChI=1S/C24H45BO9.3Zr/c1-7-13-16-19(10-4)22(26)29-32-25(33-30-23(27)20(11-5)17-14-8-2)34-31-24(28)21(12-6)18-15-9-3;;;/h19-21H,7-18H2,1-6H3;;;. The molecule has 0 amide bonds. The van der Waals surface area contributed by atoms with Crippen molar-refractivity contribution >= 4 is 25.2 Å². The van der Waals surface area contributed by atoms with Crippen molar-refractivity contribution in [2.24, 2.45) is 17.8 Å². The second-order valence-corrected chi connectivity index (χ2v) is 8.53. The van der Waals surface area contributed by atoms with Crippen LogP contribution in [-0.4, -0.2) is 25.2 Å². The predicted molar refractivity (Wildman–Crippen MR) is 127 cm³/mol. The van der Waals surface area contributed by atoms with Crippen LogP contribution in [0.5, 0.6) is 0 Å². The Balaban J connectivity index is -0.00000181. The number of rotatable bonds is 21. The van der Waals surface area contributed by atoms with E-state index in [0.717, 1.165) is 38.5 Å². The van der Waals surface area contributed by atoms with E-state index < -0.39 is 25.2 Å². The topological polar surface area (TPSA) is 107 Å². The monoisotopic (exact) mass is 758 g/mol. The van der Waals surface area contributed by atoms with Gasteiger partial charge in [0.15, 0.2) is 0 Å². The minimum Gasteiger partial charge on any atom is -0.308 e. The summed E-state index contributed by atoms with van der Waals surface area (Å²) in [5.74, 6) is -2.88. The van der Waals surface area contributed by atoms with Gasteiger partial charge >= 0.3 is 25.2 Å². The molecule has 3 atom stereocenters. The zero-order valence-electron chi connectivity index (χ0n) is 23.5. The number of carbonyl (C=O) groups is 3. The van der Waals surface area contributed by atoms with E-state index in [0.29, 0.717) is 38.5 Å². The van der Waals surface area contributed by atoms with Gasteiger partial charge < -0.3 is 14.7 Å². The Bertz CT molecular complexity index is 498. The summed E-state index contributed by atoms with van der Waals surface area (Å²) in [6.07, 6.45) is 9.10. The van der Waals surface area contributed by atoms with Crippen molar-refractivity contribution in [1.29, 1.82) is 0 Å². The van der Waals surface area contributed by atoms with E-state index in [-0.39, 0.29) is 96.4 Å². The number of unbranched alkanes of at least 4 members (excludes halogenated alkanes) is 3. The molecular weight excluding hydrogens is 717 g/mol.